The van der Waals surface area contributed by atoms with E-state index < -0.39 is 15.6 Å². The molecule has 144 valence electrons. The number of aryl methyl sites for hydroxylation is 1. The third-order valence-electron chi connectivity index (χ3n) is 5.97. The van der Waals surface area contributed by atoms with Crippen molar-refractivity contribution < 1.29 is 13.5 Å². The molecule has 0 saturated heterocycles. The highest BCUT2D eigenvalue weighted by molar-refractivity contribution is 7.89. The summed E-state index contributed by atoms with van der Waals surface area (Å²) in [5.74, 6) is 0. The summed E-state index contributed by atoms with van der Waals surface area (Å²) >= 11 is 0. The molecule has 1 saturated carbocycles. The average molecular weight is 379 g/mol. The number of sulfonamides is 1. The van der Waals surface area contributed by atoms with Gasteiger partial charge in [-0.1, -0.05) is 43.9 Å². The van der Waals surface area contributed by atoms with Gasteiger partial charge in [0.1, 0.15) is 0 Å². The van der Waals surface area contributed by atoms with Crippen LogP contribution in [-0.2, 0) is 10.0 Å². The zero-order chi connectivity index (χ0) is 18.8. The van der Waals surface area contributed by atoms with Gasteiger partial charge in [0.05, 0.1) is 10.5 Å². The largest absolute Gasteiger partial charge is 0.386 e. The van der Waals surface area contributed by atoms with Gasteiger partial charge in [-0.25, -0.2) is 8.42 Å². The van der Waals surface area contributed by atoms with Gasteiger partial charge in [0, 0.05) is 11.1 Å². The number of hydrazine groups is 1. The van der Waals surface area contributed by atoms with Crippen LogP contribution in [0.1, 0.15) is 63.9 Å². The van der Waals surface area contributed by atoms with Crippen molar-refractivity contribution in [2.24, 2.45) is 5.41 Å². The zero-order valence-corrected chi connectivity index (χ0v) is 16.5. The standard InChI is InChI=1S/C20H30N2O3S/c1-3-4-5-10-19-11-13-20(23,14-12-19)15-18(19)21-22-26(24,25)17-8-6-16(2)7-9-17/h6-9,15,21-23H,3-5,10-14H2,1-2H3. The fraction of sp³-hybridized carbons (Fsp3) is 0.600. The third-order valence-corrected chi connectivity index (χ3v) is 7.23. The van der Waals surface area contributed by atoms with Crippen LogP contribution in [0.25, 0.3) is 0 Å². The lowest BCUT2D eigenvalue weighted by Gasteiger charge is -2.50. The number of rotatable bonds is 8. The smallest absolute Gasteiger partial charge is 0.257 e. The molecular formula is C20H30N2O3S. The van der Waals surface area contributed by atoms with Crippen LogP contribution in [0.15, 0.2) is 40.9 Å². The van der Waals surface area contributed by atoms with Gasteiger partial charge in [-0.05, 0) is 57.2 Å². The molecule has 1 fully saturated rings. The van der Waals surface area contributed by atoms with Crippen molar-refractivity contribution in [1.29, 1.82) is 0 Å². The minimum atomic E-state index is -3.65. The van der Waals surface area contributed by atoms with Crippen molar-refractivity contribution in [3.63, 3.8) is 0 Å². The number of allylic oxidation sites excluding steroid dienone is 1. The van der Waals surface area contributed by atoms with Crippen LogP contribution in [0.4, 0.5) is 0 Å². The molecule has 0 amide bonds. The zero-order valence-electron chi connectivity index (χ0n) is 15.7. The molecule has 3 aliphatic rings. The maximum absolute atomic E-state index is 12.6. The second kappa shape index (κ2) is 7.33. The first-order valence-electron chi connectivity index (χ1n) is 9.59. The molecule has 0 heterocycles. The van der Waals surface area contributed by atoms with Crippen molar-refractivity contribution in [3.05, 3.63) is 41.6 Å². The Balaban J connectivity index is 1.76. The number of fused-ring (bicyclic) bond motifs is 2. The van der Waals surface area contributed by atoms with Gasteiger partial charge in [0.15, 0.2) is 0 Å². The molecule has 1 aromatic carbocycles. The fourth-order valence-corrected chi connectivity index (χ4v) is 5.02. The number of hydrogen-bond donors (Lipinski definition) is 3. The summed E-state index contributed by atoms with van der Waals surface area (Å²) in [6, 6.07) is 6.77. The van der Waals surface area contributed by atoms with Crippen LogP contribution in [0.5, 0.6) is 0 Å². The van der Waals surface area contributed by atoms with E-state index in [9.17, 15) is 13.5 Å². The highest BCUT2D eigenvalue weighted by Gasteiger charge is 2.48. The number of hydrogen-bond acceptors (Lipinski definition) is 4. The summed E-state index contributed by atoms with van der Waals surface area (Å²) in [5, 5.41) is 10.7. The van der Waals surface area contributed by atoms with Crippen molar-refractivity contribution >= 4 is 10.0 Å². The Bertz CT molecular complexity index is 761. The van der Waals surface area contributed by atoms with E-state index in [1.54, 1.807) is 24.3 Å². The lowest BCUT2D eigenvalue weighted by atomic mass is 9.59. The van der Waals surface area contributed by atoms with Crippen molar-refractivity contribution in [2.75, 3.05) is 0 Å². The van der Waals surface area contributed by atoms with E-state index in [0.717, 1.165) is 56.2 Å². The SMILES string of the molecule is CCCCCC12CCC(O)(C=C1NNS(=O)(=O)c1ccc(C)cc1)CC2. The molecule has 5 nitrogen and oxygen atoms in total. The van der Waals surface area contributed by atoms with Crippen LogP contribution >= 0.6 is 0 Å². The molecule has 0 unspecified atom stereocenters. The quantitative estimate of drug-likeness (QED) is 0.477. The van der Waals surface area contributed by atoms with Crippen LogP contribution in [0.3, 0.4) is 0 Å². The summed E-state index contributed by atoms with van der Waals surface area (Å²) in [6.07, 6.45) is 9.66. The van der Waals surface area contributed by atoms with E-state index >= 15 is 0 Å². The lowest BCUT2D eigenvalue weighted by Crippen LogP contribution is -2.51. The summed E-state index contributed by atoms with van der Waals surface area (Å²) in [4.78, 5) is 2.76. The van der Waals surface area contributed by atoms with Gasteiger partial charge < -0.3 is 10.5 Å². The van der Waals surface area contributed by atoms with Crippen LogP contribution in [0, 0.1) is 12.3 Å². The third kappa shape index (κ3) is 3.97. The van der Waals surface area contributed by atoms with Gasteiger partial charge in [-0.15, -0.1) is 4.83 Å². The Morgan fingerprint density at radius 3 is 2.35 bits per heavy atom. The Kier molecular flexibility index (Phi) is 5.47. The maximum atomic E-state index is 12.6. The molecule has 4 rings (SSSR count). The van der Waals surface area contributed by atoms with Crippen molar-refractivity contribution in [3.8, 4) is 0 Å². The van der Waals surface area contributed by atoms with Crippen molar-refractivity contribution in [1.82, 2.24) is 10.3 Å². The molecule has 0 aliphatic heterocycles. The normalized spacial score (nSPS) is 28.0. The van der Waals surface area contributed by atoms with E-state index in [2.05, 4.69) is 17.2 Å². The predicted octanol–water partition coefficient (Wildman–Crippen LogP) is 3.55. The molecule has 2 bridgehead atoms. The molecule has 0 radical (unpaired) electrons. The monoisotopic (exact) mass is 378 g/mol. The summed E-state index contributed by atoms with van der Waals surface area (Å²) in [7, 11) is -3.65. The minimum absolute atomic E-state index is 0.0462. The Morgan fingerprint density at radius 1 is 1.08 bits per heavy atom. The molecule has 26 heavy (non-hydrogen) atoms. The summed E-state index contributed by atoms with van der Waals surface area (Å²) in [5.41, 5.74) is 3.97. The van der Waals surface area contributed by atoms with E-state index in [-0.39, 0.29) is 10.3 Å². The number of nitrogens with one attached hydrogen (secondary N) is 2. The Labute approximate surface area is 156 Å². The van der Waals surface area contributed by atoms with Crippen molar-refractivity contribution in [2.45, 2.75) is 75.7 Å². The highest BCUT2D eigenvalue weighted by Crippen LogP contribution is 2.53. The lowest BCUT2D eigenvalue weighted by molar-refractivity contribution is -0.0119. The molecular weight excluding hydrogens is 348 g/mol. The first-order chi connectivity index (χ1) is 12.3. The molecule has 1 aromatic rings. The van der Waals surface area contributed by atoms with Crippen LogP contribution < -0.4 is 10.3 Å². The van der Waals surface area contributed by atoms with Crippen LogP contribution in [0.2, 0.25) is 0 Å². The molecule has 0 spiro atoms. The Morgan fingerprint density at radius 2 is 1.73 bits per heavy atom. The molecule has 0 aromatic heterocycles. The van der Waals surface area contributed by atoms with Gasteiger partial charge in [0.2, 0.25) is 0 Å². The first-order valence-corrected chi connectivity index (χ1v) is 11.1. The van der Waals surface area contributed by atoms with Crippen LogP contribution in [-0.4, -0.2) is 19.1 Å². The maximum Gasteiger partial charge on any atom is 0.257 e. The van der Waals surface area contributed by atoms with Gasteiger partial charge in [-0.3, -0.25) is 0 Å². The van der Waals surface area contributed by atoms with E-state index in [1.807, 2.05) is 13.0 Å². The Hall–Kier alpha value is -1.37. The highest BCUT2D eigenvalue weighted by atomic mass is 32.2. The van der Waals surface area contributed by atoms with E-state index in [1.165, 1.54) is 6.42 Å². The van der Waals surface area contributed by atoms with Gasteiger partial charge in [-0.2, -0.15) is 0 Å². The number of aliphatic hydroxyl groups is 1. The molecule has 0 atom stereocenters. The van der Waals surface area contributed by atoms with E-state index in [4.69, 9.17) is 0 Å². The van der Waals surface area contributed by atoms with Gasteiger partial charge >= 0.3 is 0 Å². The average Bonchev–Trinajstić information content (AvgIpc) is 2.62. The second-order valence-corrected chi connectivity index (χ2v) is 9.62. The summed E-state index contributed by atoms with van der Waals surface area (Å²) in [6.45, 7) is 4.11. The number of unbranched alkanes of at least 4 members (excludes halogenated alkanes) is 2. The fourth-order valence-electron chi connectivity index (χ4n) is 4.16. The molecule has 6 heteroatoms. The topological polar surface area (TPSA) is 78.4 Å². The minimum Gasteiger partial charge on any atom is -0.386 e. The molecule has 3 aliphatic carbocycles. The molecule has 3 N–H and O–H groups in total. The first kappa shape index (κ1) is 19.4. The summed E-state index contributed by atoms with van der Waals surface area (Å²) < 4.78 is 25.1. The predicted molar refractivity (Wildman–Crippen MR) is 103 cm³/mol. The number of benzene rings is 1. The van der Waals surface area contributed by atoms with Gasteiger partial charge in [0.25, 0.3) is 10.0 Å². The second-order valence-electron chi connectivity index (χ2n) is 7.94. The van der Waals surface area contributed by atoms with E-state index in [0.29, 0.717) is 0 Å².